The second-order valence-electron chi connectivity index (χ2n) is 5.02. The zero-order valence-electron chi connectivity index (χ0n) is 12.3. The molecule has 0 saturated heterocycles. The van der Waals surface area contributed by atoms with Gasteiger partial charge in [-0.1, -0.05) is 23.7 Å². The van der Waals surface area contributed by atoms with Gasteiger partial charge in [-0.05, 0) is 62.2 Å². The molecule has 2 rings (SSSR count). The topological polar surface area (TPSA) is 29.1 Å². The summed E-state index contributed by atoms with van der Waals surface area (Å²) in [4.78, 5) is 13.3. The molecule has 2 aromatic rings. The Morgan fingerprint density at radius 1 is 1.14 bits per heavy atom. The van der Waals surface area contributed by atoms with Crippen LogP contribution in [0.1, 0.15) is 18.1 Å². The third kappa shape index (κ3) is 4.51. The Kier molecular flexibility index (Phi) is 5.32. The van der Waals surface area contributed by atoms with Gasteiger partial charge in [0, 0.05) is 15.6 Å². The van der Waals surface area contributed by atoms with Crippen LogP contribution in [-0.4, -0.2) is 11.2 Å². The summed E-state index contributed by atoms with van der Waals surface area (Å²) in [6, 6.07) is 13.6. The summed E-state index contributed by atoms with van der Waals surface area (Å²) in [7, 11) is 0. The van der Waals surface area contributed by atoms with Crippen LogP contribution in [-0.2, 0) is 4.79 Å². The molecule has 0 aliphatic carbocycles. The van der Waals surface area contributed by atoms with Crippen molar-refractivity contribution in [2.24, 2.45) is 0 Å². The van der Waals surface area contributed by atoms with Crippen molar-refractivity contribution in [1.29, 1.82) is 0 Å². The largest absolute Gasteiger partial charge is 0.325 e. The van der Waals surface area contributed by atoms with E-state index in [0.29, 0.717) is 5.02 Å². The molecule has 0 saturated carbocycles. The van der Waals surface area contributed by atoms with Gasteiger partial charge in [-0.3, -0.25) is 4.79 Å². The lowest BCUT2D eigenvalue weighted by molar-refractivity contribution is -0.115. The van der Waals surface area contributed by atoms with Crippen LogP contribution in [0.5, 0.6) is 0 Å². The lowest BCUT2D eigenvalue weighted by atomic mass is 10.1. The van der Waals surface area contributed by atoms with Crippen LogP contribution in [0, 0.1) is 13.8 Å². The van der Waals surface area contributed by atoms with Gasteiger partial charge in [-0.25, -0.2) is 0 Å². The number of aryl methyl sites for hydroxylation is 2. The number of hydrogen-bond acceptors (Lipinski definition) is 2. The molecule has 0 aliphatic rings. The summed E-state index contributed by atoms with van der Waals surface area (Å²) in [5.41, 5.74) is 3.08. The molecule has 1 amide bonds. The highest BCUT2D eigenvalue weighted by Gasteiger charge is 2.15. The molecule has 21 heavy (non-hydrogen) atoms. The average Bonchev–Trinajstić information content (AvgIpc) is 2.45. The van der Waals surface area contributed by atoms with Gasteiger partial charge < -0.3 is 5.32 Å². The van der Waals surface area contributed by atoms with Gasteiger partial charge in [-0.2, -0.15) is 0 Å². The highest BCUT2D eigenvalue weighted by molar-refractivity contribution is 8.00. The number of anilines is 1. The molecule has 0 spiro atoms. The quantitative estimate of drug-likeness (QED) is 0.796. The molecule has 2 nitrogen and oxygen atoms in total. The van der Waals surface area contributed by atoms with Gasteiger partial charge >= 0.3 is 0 Å². The molecule has 0 fully saturated rings. The first-order chi connectivity index (χ1) is 9.95. The molecule has 1 unspecified atom stereocenters. The van der Waals surface area contributed by atoms with Crippen molar-refractivity contribution >= 4 is 35.0 Å². The lowest BCUT2D eigenvalue weighted by Crippen LogP contribution is -2.22. The molecule has 1 N–H and O–H groups in total. The van der Waals surface area contributed by atoms with Gasteiger partial charge in [0.1, 0.15) is 0 Å². The van der Waals surface area contributed by atoms with Crippen molar-refractivity contribution in [3.05, 3.63) is 58.6 Å². The number of benzene rings is 2. The Hall–Kier alpha value is -1.45. The zero-order valence-corrected chi connectivity index (χ0v) is 13.9. The third-order valence-corrected chi connectivity index (χ3v) is 4.51. The number of hydrogen-bond donors (Lipinski definition) is 1. The van der Waals surface area contributed by atoms with Crippen LogP contribution >= 0.6 is 23.4 Å². The predicted octanol–water partition coefficient (Wildman–Crippen LogP) is 5.08. The minimum absolute atomic E-state index is 0.00338. The van der Waals surface area contributed by atoms with Gasteiger partial charge in [0.2, 0.25) is 5.91 Å². The lowest BCUT2D eigenvalue weighted by Gasteiger charge is -2.14. The summed E-state index contributed by atoms with van der Waals surface area (Å²) >= 11 is 7.38. The smallest absolute Gasteiger partial charge is 0.237 e. The Balaban J connectivity index is 2.02. The standard InChI is InChI=1S/C17H18ClNOS/c1-11-4-5-12(2)16(10-11)19-17(20)13(3)21-15-8-6-14(18)7-9-15/h4-10,13H,1-3H3,(H,19,20). The summed E-state index contributed by atoms with van der Waals surface area (Å²) < 4.78 is 0. The molecule has 0 heterocycles. The Morgan fingerprint density at radius 3 is 2.48 bits per heavy atom. The molecular weight excluding hydrogens is 302 g/mol. The monoisotopic (exact) mass is 319 g/mol. The van der Waals surface area contributed by atoms with E-state index in [9.17, 15) is 4.79 Å². The molecule has 0 aliphatic heterocycles. The molecular formula is C17H18ClNOS. The van der Waals surface area contributed by atoms with Crippen LogP contribution in [0.15, 0.2) is 47.4 Å². The van der Waals surface area contributed by atoms with Gasteiger partial charge in [0.15, 0.2) is 0 Å². The van der Waals surface area contributed by atoms with Crippen molar-refractivity contribution in [1.82, 2.24) is 0 Å². The summed E-state index contributed by atoms with van der Waals surface area (Å²) in [6.45, 7) is 5.91. The van der Waals surface area contributed by atoms with Crippen molar-refractivity contribution < 1.29 is 4.79 Å². The molecule has 4 heteroatoms. The number of carbonyl (C=O) groups excluding carboxylic acids is 1. The normalized spacial score (nSPS) is 12.0. The molecule has 0 aromatic heterocycles. The Morgan fingerprint density at radius 2 is 1.81 bits per heavy atom. The predicted molar refractivity (Wildman–Crippen MR) is 91.3 cm³/mol. The minimum Gasteiger partial charge on any atom is -0.325 e. The molecule has 0 bridgehead atoms. The second kappa shape index (κ2) is 7.01. The highest BCUT2D eigenvalue weighted by Crippen LogP contribution is 2.26. The zero-order chi connectivity index (χ0) is 15.4. The first-order valence-electron chi connectivity index (χ1n) is 6.76. The van der Waals surface area contributed by atoms with E-state index in [0.717, 1.165) is 21.7 Å². The number of rotatable bonds is 4. The molecule has 0 radical (unpaired) electrons. The number of nitrogens with one attached hydrogen (secondary N) is 1. The second-order valence-corrected chi connectivity index (χ2v) is 6.87. The summed E-state index contributed by atoms with van der Waals surface area (Å²) in [5.74, 6) is 0.00338. The maximum atomic E-state index is 12.3. The van der Waals surface area contributed by atoms with Crippen LogP contribution in [0.3, 0.4) is 0 Å². The van der Waals surface area contributed by atoms with Crippen LogP contribution < -0.4 is 5.32 Å². The van der Waals surface area contributed by atoms with E-state index in [4.69, 9.17) is 11.6 Å². The fourth-order valence-electron chi connectivity index (χ4n) is 1.88. The highest BCUT2D eigenvalue weighted by atomic mass is 35.5. The fraction of sp³-hybridized carbons (Fsp3) is 0.235. The van der Waals surface area contributed by atoms with Crippen LogP contribution in [0.25, 0.3) is 0 Å². The van der Waals surface area contributed by atoms with Crippen LogP contribution in [0.2, 0.25) is 5.02 Å². The van der Waals surface area contributed by atoms with Crippen LogP contribution in [0.4, 0.5) is 5.69 Å². The van der Waals surface area contributed by atoms with Crippen molar-refractivity contribution in [3.8, 4) is 0 Å². The molecule has 110 valence electrons. The number of carbonyl (C=O) groups is 1. The van der Waals surface area contributed by atoms with Crippen molar-refractivity contribution in [3.63, 3.8) is 0 Å². The van der Waals surface area contributed by atoms with Crippen molar-refractivity contribution in [2.45, 2.75) is 30.9 Å². The average molecular weight is 320 g/mol. The maximum Gasteiger partial charge on any atom is 0.237 e. The summed E-state index contributed by atoms with van der Waals surface area (Å²) in [6.07, 6.45) is 0. The Bertz CT molecular complexity index is 640. The van der Waals surface area contributed by atoms with E-state index in [1.54, 1.807) is 0 Å². The minimum atomic E-state index is -0.175. The van der Waals surface area contributed by atoms with E-state index < -0.39 is 0 Å². The molecule has 2 aromatic carbocycles. The number of thioether (sulfide) groups is 1. The van der Waals surface area contributed by atoms with Crippen molar-refractivity contribution in [2.75, 3.05) is 5.32 Å². The Labute approximate surface area is 134 Å². The fourth-order valence-corrected chi connectivity index (χ4v) is 2.87. The van der Waals surface area contributed by atoms with Gasteiger partial charge in [-0.15, -0.1) is 11.8 Å². The van der Waals surface area contributed by atoms with E-state index in [-0.39, 0.29) is 11.2 Å². The van der Waals surface area contributed by atoms with E-state index in [1.807, 2.05) is 63.2 Å². The van der Waals surface area contributed by atoms with Gasteiger partial charge in [0.05, 0.1) is 5.25 Å². The van der Waals surface area contributed by atoms with E-state index in [2.05, 4.69) is 5.32 Å². The maximum absolute atomic E-state index is 12.3. The summed E-state index contributed by atoms with van der Waals surface area (Å²) in [5, 5.41) is 3.52. The van der Waals surface area contributed by atoms with Gasteiger partial charge in [0.25, 0.3) is 0 Å². The number of amides is 1. The SMILES string of the molecule is Cc1ccc(C)c(NC(=O)C(C)Sc2ccc(Cl)cc2)c1. The third-order valence-electron chi connectivity index (χ3n) is 3.15. The first kappa shape index (κ1) is 15.9. The first-order valence-corrected chi connectivity index (χ1v) is 8.02. The number of halogens is 1. The molecule has 1 atom stereocenters. The van der Waals surface area contributed by atoms with E-state index in [1.165, 1.54) is 11.8 Å². The van der Waals surface area contributed by atoms with E-state index >= 15 is 0 Å².